The van der Waals surface area contributed by atoms with Gasteiger partial charge in [0, 0.05) is 19.3 Å². The predicted octanol–water partition coefficient (Wildman–Crippen LogP) is 17.5. The lowest BCUT2D eigenvalue weighted by molar-refractivity contribution is -0.167. The van der Waals surface area contributed by atoms with Crippen LogP contribution in [0, 0.1) is 0 Å². The molecule has 0 aromatic heterocycles. The number of esters is 3. The van der Waals surface area contributed by atoms with E-state index in [1.807, 2.05) is 0 Å². The summed E-state index contributed by atoms with van der Waals surface area (Å²) in [6, 6.07) is 0. The van der Waals surface area contributed by atoms with E-state index in [1.165, 1.54) is 173 Å². The smallest absolute Gasteiger partial charge is 0.306 e. The topological polar surface area (TPSA) is 78.9 Å². The highest BCUT2D eigenvalue weighted by atomic mass is 16.6. The largest absolute Gasteiger partial charge is 0.462 e. The second-order valence-electron chi connectivity index (χ2n) is 18.1. The second-order valence-corrected chi connectivity index (χ2v) is 18.1. The van der Waals surface area contributed by atoms with E-state index in [0.29, 0.717) is 19.3 Å². The molecule has 0 fully saturated rings. The van der Waals surface area contributed by atoms with E-state index in [2.05, 4.69) is 45.1 Å². The van der Waals surface area contributed by atoms with Crippen LogP contribution in [0.5, 0.6) is 0 Å². The van der Waals surface area contributed by atoms with Gasteiger partial charge in [0.25, 0.3) is 0 Å². The molecule has 0 N–H and O–H groups in total. The Morgan fingerprint density at radius 1 is 0.311 bits per heavy atom. The standard InChI is InChI=1S/C55H102O6/c1-4-7-10-13-16-19-22-25-26-27-28-29-31-33-36-39-42-45-48-54(57)60-51-52(50-59-53(56)47-44-41-38-35-32-24-21-18-15-12-9-6-3)61-55(58)49-46-43-40-37-34-30-23-20-17-14-11-8-5-2/h28-30,34,52H,4-27,31-33,35-51H2,1-3H3/b29-28-,34-30-. The molecule has 0 amide bonds. The predicted molar refractivity (Wildman–Crippen MR) is 261 cm³/mol. The van der Waals surface area contributed by atoms with Gasteiger partial charge < -0.3 is 14.2 Å². The molecule has 6 nitrogen and oxygen atoms in total. The first-order chi connectivity index (χ1) is 30.0. The first kappa shape index (κ1) is 58.9. The van der Waals surface area contributed by atoms with Crippen molar-refractivity contribution >= 4 is 17.9 Å². The van der Waals surface area contributed by atoms with Crippen LogP contribution in [0.15, 0.2) is 24.3 Å². The van der Waals surface area contributed by atoms with Crippen LogP contribution in [0.4, 0.5) is 0 Å². The van der Waals surface area contributed by atoms with Gasteiger partial charge in [-0.15, -0.1) is 0 Å². The number of ether oxygens (including phenoxy) is 3. The third kappa shape index (κ3) is 48.8. The quantitative estimate of drug-likeness (QED) is 0.0262. The van der Waals surface area contributed by atoms with Crippen molar-refractivity contribution in [2.75, 3.05) is 13.2 Å². The summed E-state index contributed by atoms with van der Waals surface area (Å²) in [5.41, 5.74) is 0. The van der Waals surface area contributed by atoms with Gasteiger partial charge in [-0.25, -0.2) is 0 Å². The Labute approximate surface area is 379 Å². The molecule has 0 aromatic carbocycles. The number of carbonyl (C=O) groups excluding carboxylic acids is 3. The van der Waals surface area contributed by atoms with Gasteiger partial charge in [-0.2, -0.15) is 0 Å². The highest BCUT2D eigenvalue weighted by Gasteiger charge is 2.19. The fourth-order valence-electron chi connectivity index (χ4n) is 7.84. The number of hydrogen-bond donors (Lipinski definition) is 0. The summed E-state index contributed by atoms with van der Waals surface area (Å²) in [5, 5.41) is 0. The van der Waals surface area contributed by atoms with Crippen molar-refractivity contribution in [1.29, 1.82) is 0 Å². The van der Waals surface area contributed by atoms with E-state index in [0.717, 1.165) is 77.0 Å². The highest BCUT2D eigenvalue weighted by Crippen LogP contribution is 2.15. The molecule has 1 atom stereocenters. The Hall–Kier alpha value is -2.11. The van der Waals surface area contributed by atoms with E-state index in [4.69, 9.17) is 14.2 Å². The van der Waals surface area contributed by atoms with Crippen molar-refractivity contribution in [1.82, 2.24) is 0 Å². The second kappa shape index (κ2) is 50.5. The fourth-order valence-corrected chi connectivity index (χ4v) is 7.84. The fraction of sp³-hybridized carbons (Fsp3) is 0.873. The monoisotopic (exact) mass is 859 g/mol. The van der Waals surface area contributed by atoms with Crippen LogP contribution in [-0.4, -0.2) is 37.2 Å². The maximum absolute atomic E-state index is 12.8. The summed E-state index contributed by atoms with van der Waals surface area (Å²) >= 11 is 0. The normalized spacial score (nSPS) is 12.1. The lowest BCUT2D eigenvalue weighted by Crippen LogP contribution is -2.30. The molecule has 0 bridgehead atoms. The molecule has 0 spiro atoms. The molecule has 358 valence electrons. The Kier molecular flexibility index (Phi) is 48.8. The van der Waals surface area contributed by atoms with Crippen LogP contribution >= 0.6 is 0 Å². The van der Waals surface area contributed by atoms with Gasteiger partial charge in [0.05, 0.1) is 0 Å². The molecule has 0 saturated carbocycles. The Morgan fingerprint density at radius 2 is 0.541 bits per heavy atom. The Morgan fingerprint density at radius 3 is 0.836 bits per heavy atom. The number of carbonyl (C=O) groups is 3. The molecular formula is C55H102O6. The molecule has 6 heteroatoms. The van der Waals surface area contributed by atoms with Crippen LogP contribution in [0.25, 0.3) is 0 Å². The third-order valence-electron chi connectivity index (χ3n) is 11.9. The SMILES string of the molecule is CCCCCCCC/C=C\CCCCCC(=O)OC(COC(=O)CCCCCCC/C=C\CCCCCCCCCCC)COC(=O)CCCCCCCCCCCCCC. The zero-order valence-electron chi connectivity index (χ0n) is 40.9. The molecule has 0 saturated heterocycles. The van der Waals surface area contributed by atoms with Crippen LogP contribution in [0.3, 0.4) is 0 Å². The first-order valence-corrected chi connectivity index (χ1v) is 26.8. The van der Waals surface area contributed by atoms with Crippen LogP contribution in [-0.2, 0) is 28.6 Å². The minimum Gasteiger partial charge on any atom is -0.462 e. The van der Waals surface area contributed by atoms with Crippen LogP contribution < -0.4 is 0 Å². The first-order valence-electron chi connectivity index (χ1n) is 26.8. The van der Waals surface area contributed by atoms with Gasteiger partial charge in [0.2, 0.25) is 0 Å². The van der Waals surface area contributed by atoms with E-state index < -0.39 is 6.10 Å². The van der Waals surface area contributed by atoms with Crippen molar-refractivity contribution in [3.8, 4) is 0 Å². The van der Waals surface area contributed by atoms with Crippen molar-refractivity contribution < 1.29 is 28.6 Å². The number of unbranched alkanes of at least 4 members (excludes halogenated alkanes) is 34. The van der Waals surface area contributed by atoms with Gasteiger partial charge in [0.1, 0.15) is 13.2 Å². The molecule has 0 rings (SSSR count). The molecule has 0 heterocycles. The van der Waals surface area contributed by atoms with E-state index in [-0.39, 0.29) is 31.1 Å². The lowest BCUT2D eigenvalue weighted by Gasteiger charge is -2.18. The average molecular weight is 859 g/mol. The van der Waals surface area contributed by atoms with Gasteiger partial charge in [0.15, 0.2) is 6.10 Å². The Balaban J connectivity index is 4.34. The molecule has 0 radical (unpaired) electrons. The summed E-state index contributed by atoms with van der Waals surface area (Å²) in [6.45, 7) is 6.64. The highest BCUT2D eigenvalue weighted by molar-refractivity contribution is 5.71. The van der Waals surface area contributed by atoms with Gasteiger partial charge in [-0.05, 0) is 70.6 Å². The summed E-state index contributed by atoms with van der Waals surface area (Å²) in [7, 11) is 0. The maximum Gasteiger partial charge on any atom is 0.306 e. The summed E-state index contributed by atoms with van der Waals surface area (Å²) in [5.74, 6) is -0.888. The Bertz CT molecular complexity index is 989. The van der Waals surface area contributed by atoms with Crippen molar-refractivity contribution in [2.45, 2.75) is 297 Å². The zero-order valence-corrected chi connectivity index (χ0v) is 40.9. The molecule has 0 aliphatic heterocycles. The number of rotatable bonds is 49. The van der Waals surface area contributed by atoms with Crippen molar-refractivity contribution in [3.05, 3.63) is 24.3 Å². The van der Waals surface area contributed by atoms with E-state index in [9.17, 15) is 14.4 Å². The zero-order chi connectivity index (χ0) is 44.4. The minimum absolute atomic E-state index is 0.0762. The summed E-state index contributed by atoms with van der Waals surface area (Å²) in [6.07, 6.45) is 57.3. The lowest BCUT2D eigenvalue weighted by atomic mass is 10.0. The molecule has 1 unspecified atom stereocenters. The van der Waals surface area contributed by atoms with E-state index >= 15 is 0 Å². The molecule has 0 aliphatic carbocycles. The number of allylic oxidation sites excluding steroid dienone is 4. The maximum atomic E-state index is 12.8. The molecular weight excluding hydrogens is 757 g/mol. The van der Waals surface area contributed by atoms with Crippen LogP contribution in [0.2, 0.25) is 0 Å². The summed E-state index contributed by atoms with van der Waals surface area (Å²) in [4.78, 5) is 38.0. The molecule has 61 heavy (non-hydrogen) atoms. The van der Waals surface area contributed by atoms with Gasteiger partial charge in [-0.3, -0.25) is 14.4 Å². The third-order valence-corrected chi connectivity index (χ3v) is 11.9. The van der Waals surface area contributed by atoms with Gasteiger partial charge >= 0.3 is 17.9 Å². The van der Waals surface area contributed by atoms with E-state index in [1.54, 1.807) is 0 Å². The number of hydrogen-bond acceptors (Lipinski definition) is 6. The average Bonchev–Trinajstić information content (AvgIpc) is 3.26. The van der Waals surface area contributed by atoms with Crippen LogP contribution in [0.1, 0.15) is 290 Å². The summed E-state index contributed by atoms with van der Waals surface area (Å²) < 4.78 is 16.8. The van der Waals surface area contributed by atoms with Crippen molar-refractivity contribution in [3.63, 3.8) is 0 Å². The van der Waals surface area contributed by atoms with Crippen molar-refractivity contribution in [2.24, 2.45) is 0 Å². The van der Waals surface area contributed by atoms with Gasteiger partial charge in [-0.1, -0.05) is 225 Å². The minimum atomic E-state index is -0.777. The molecule has 0 aliphatic rings. The molecule has 0 aromatic rings.